The normalized spacial score (nSPS) is 13.5. The minimum atomic E-state index is -0.294. The summed E-state index contributed by atoms with van der Waals surface area (Å²) < 4.78 is 29.6. The summed E-state index contributed by atoms with van der Waals surface area (Å²) in [6.45, 7) is 1.33. The van der Waals surface area contributed by atoms with Gasteiger partial charge in [-0.15, -0.1) is 11.8 Å². The average molecular weight is 358 g/mol. The standard InChI is InChI=1S/C18H15FN2O3S/c19-13-4-2-12(3-5-13)18-20-17(24-21-18)11-25-14-6-7-15-16(10-14)23-9-1-8-22-15/h2-7,10H,1,8-9,11H2. The van der Waals surface area contributed by atoms with E-state index in [1.807, 2.05) is 18.2 Å². The highest BCUT2D eigenvalue weighted by molar-refractivity contribution is 7.98. The highest BCUT2D eigenvalue weighted by Gasteiger charge is 2.13. The first-order chi connectivity index (χ1) is 12.3. The SMILES string of the molecule is Fc1ccc(-c2noc(CSc3ccc4c(c3)OCCCO4)n2)cc1. The molecule has 0 atom stereocenters. The fourth-order valence-corrected chi connectivity index (χ4v) is 3.17. The summed E-state index contributed by atoms with van der Waals surface area (Å²) in [6, 6.07) is 11.9. The van der Waals surface area contributed by atoms with E-state index in [1.54, 1.807) is 23.9 Å². The van der Waals surface area contributed by atoms with Gasteiger partial charge in [0.15, 0.2) is 11.5 Å². The van der Waals surface area contributed by atoms with Crippen molar-refractivity contribution >= 4 is 11.8 Å². The maximum absolute atomic E-state index is 13.0. The van der Waals surface area contributed by atoms with Crippen molar-refractivity contribution in [1.82, 2.24) is 10.1 Å². The van der Waals surface area contributed by atoms with Crippen LogP contribution >= 0.6 is 11.8 Å². The van der Waals surface area contributed by atoms with E-state index in [4.69, 9.17) is 14.0 Å². The van der Waals surface area contributed by atoms with Crippen molar-refractivity contribution in [1.29, 1.82) is 0 Å². The van der Waals surface area contributed by atoms with Crippen molar-refractivity contribution < 1.29 is 18.4 Å². The fraction of sp³-hybridized carbons (Fsp3) is 0.222. The average Bonchev–Trinajstić information content (AvgIpc) is 2.98. The fourth-order valence-electron chi connectivity index (χ4n) is 2.41. The molecule has 0 N–H and O–H groups in total. The molecule has 0 unspecified atom stereocenters. The molecule has 0 saturated heterocycles. The van der Waals surface area contributed by atoms with Gasteiger partial charge in [-0.2, -0.15) is 4.98 Å². The first kappa shape index (κ1) is 16.0. The lowest BCUT2D eigenvalue weighted by molar-refractivity contribution is 0.297. The van der Waals surface area contributed by atoms with Crippen LogP contribution in [0.15, 0.2) is 51.9 Å². The lowest BCUT2D eigenvalue weighted by Crippen LogP contribution is -1.97. The smallest absolute Gasteiger partial charge is 0.237 e. The highest BCUT2D eigenvalue weighted by atomic mass is 32.2. The molecule has 0 spiro atoms. The minimum absolute atomic E-state index is 0.294. The molecule has 4 rings (SSSR count). The van der Waals surface area contributed by atoms with Gasteiger partial charge in [0.05, 0.1) is 19.0 Å². The van der Waals surface area contributed by atoms with E-state index in [-0.39, 0.29) is 5.82 Å². The molecule has 1 aliphatic rings. The third-order valence-electron chi connectivity index (χ3n) is 3.65. The zero-order valence-corrected chi connectivity index (χ0v) is 14.1. The number of hydrogen-bond donors (Lipinski definition) is 0. The summed E-state index contributed by atoms with van der Waals surface area (Å²) in [5, 5.41) is 3.94. The van der Waals surface area contributed by atoms with Gasteiger partial charge >= 0.3 is 0 Å². The van der Waals surface area contributed by atoms with Crippen molar-refractivity contribution in [2.45, 2.75) is 17.1 Å². The molecule has 0 radical (unpaired) electrons. The van der Waals surface area contributed by atoms with Gasteiger partial charge in [-0.05, 0) is 42.5 Å². The van der Waals surface area contributed by atoms with E-state index in [0.717, 1.165) is 28.4 Å². The van der Waals surface area contributed by atoms with E-state index in [0.29, 0.717) is 30.7 Å². The molecule has 7 heteroatoms. The lowest BCUT2D eigenvalue weighted by atomic mass is 10.2. The van der Waals surface area contributed by atoms with Crippen LogP contribution in [0.25, 0.3) is 11.4 Å². The number of aromatic nitrogens is 2. The Morgan fingerprint density at radius 1 is 1.00 bits per heavy atom. The number of rotatable bonds is 4. The Morgan fingerprint density at radius 2 is 1.80 bits per heavy atom. The largest absolute Gasteiger partial charge is 0.490 e. The van der Waals surface area contributed by atoms with Crippen LogP contribution in [-0.4, -0.2) is 23.4 Å². The van der Waals surface area contributed by atoms with Crippen LogP contribution < -0.4 is 9.47 Å². The van der Waals surface area contributed by atoms with Crippen LogP contribution in [0.5, 0.6) is 11.5 Å². The topological polar surface area (TPSA) is 57.4 Å². The number of fused-ring (bicyclic) bond motifs is 1. The molecule has 0 fully saturated rings. The van der Waals surface area contributed by atoms with Crippen molar-refractivity contribution in [3.63, 3.8) is 0 Å². The summed E-state index contributed by atoms with van der Waals surface area (Å²) in [5.41, 5.74) is 0.719. The Kier molecular flexibility index (Phi) is 4.56. The Balaban J connectivity index is 1.43. The van der Waals surface area contributed by atoms with Gasteiger partial charge in [0.1, 0.15) is 5.82 Å². The summed E-state index contributed by atoms with van der Waals surface area (Å²) in [4.78, 5) is 5.38. The third kappa shape index (κ3) is 3.76. The number of benzene rings is 2. The Morgan fingerprint density at radius 3 is 2.64 bits per heavy atom. The summed E-state index contributed by atoms with van der Waals surface area (Å²) in [6.07, 6.45) is 0.880. The van der Waals surface area contributed by atoms with E-state index in [9.17, 15) is 4.39 Å². The summed E-state index contributed by atoms with van der Waals surface area (Å²) >= 11 is 1.57. The quantitative estimate of drug-likeness (QED) is 0.647. The van der Waals surface area contributed by atoms with Gasteiger partial charge in [0.25, 0.3) is 0 Å². The lowest BCUT2D eigenvalue weighted by Gasteiger charge is -2.08. The predicted octanol–water partition coefficient (Wildman–Crippen LogP) is 4.33. The van der Waals surface area contributed by atoms with Gasteiger partial charge < -0.3 is 14.0 Å². The molecule has 0 amide bonds. The maximum atomic E-state index is 13.0. The second-order valence-corrected chi connectivity index (χ2v) is 6.52. The molecule has 2 heterocycles. The molecular weight excluding hydrogens is 343 g/mol. The van der Waals surface area contributed by atoms with E-state index in [1.165, 1.54) is 12.1 Å². The van der Waals surface area contributed by atoms with Crippen LogP contribution in [0.2, 0.25) is 0 Å². The van der Waals surface area contributed by atoms with Crippen molar-refractivity contribution in [2.24, 2.45) is 0 Å². The van der Waals surface area contributed by atoms with Crippen LogP contribution in [0.4, 0.5) is 4.39 Å². The molecule has 1 aliphatic heterocycles. The molecule has 3 aromatic rings. The Bertz CT molecular complexity index is 867. The molecule has 128 valence electrons. The number of hydrogen-bond acceptors (Lipinski definition) is 6. The second-order valence-electron chi connectivity index (χ2n) is 5.47. The highest BCUT2D eigenvalue weighted by Crippen LogP contribution is 2.34. The van der Waals surface area contributed by atoms with E-state index < -0.39 is 0 Å². The monoisotopic (exact) mass is 358 g/mol. The summed E-state index contributed by atoms with van der Waals surface area (Å²) in [5.74, 6) is 2.75. The second kappa shape index (κ2) is 7.14. The third-order valence-corrected chi connectivity index (χ3v) is 4.63. The van der Waals surface area contributed by atoms with Crippen LogP contribution in [0.1, 0.15) is 12.3 Å². The van der Waals surface area contributed by atoms with Crippen molar-refractivity contribution in [3.8, 4) is 22.9 Å². The van der Waals surface area contributed by atoms with Gasteiger partial charge in [-0.25, -0.2) is 4.39 Å². The van der Waals surface area contributed by atoms with E-state index >= 15 is 0 Å². The van der Waals surface area contributed by atoms with Gasteiger partial charge in [-0.1, -0.05) is 5.16 Å². The van der Waals surface area contributed by atoms with Crippen molar-refractivity contribution in [3.05, 3.63) is 54.2 Å². The van der Waals surface area contributed by atoms with E-state index in [2.05, 4.69) is 10.1 Å². The first-order valence-corrected chi connectivity index (χ1v) is 8.87. The first-order valence-electron chi connectivity index (χ1n) is 7.89. The molecule has 25 heavy (non-hydrogen) atoms. The predicted molar refractivity (Wildman–Crippen MR) is 91.3 cm³/mol. The van der Waals surface area contributed by atoms with Crippen molar-refractivity contribution in [2.75, 3.05) is 13.2 Å². The van der Waals surface area contributed by atoms with Gasteiger partial charge in [0, 0.05) is 16.9 Å². The molecule has 2 aromatic carbocycles. The van der Waals surface area contributed by atoms with Crippen LogP contribution in [0.3, 0.4) is 0 Å². The summed E-state index contributed by atoms with van der Waals surface area (Å²) in [7, 11) is 0. The number of thioether (sulfide) groups is 1. The molecule has 1 aromatic heterocycles. The minimum Gasteiger partial charge on any atom is -0.490 e. The molecular formula is C18H15FN2O3S. The maximum Gasteiger partial charge on any atom is 0.237 e. The Hall–Kier alpha value is -2.54. The molecule has 0 bridgehead atoms. The number of halogens is 1. The zero-order chi connectivity index (χ0) is 17.1. The molecule has 5 nitrogen and oxygen atoms in total. The zero-order valence-electron chi connectivity index (χ0n) is 13.3. The van der Waals surface area contributed by atoms with Crippen LogP contribution in [-0.2, 0) is 5.75 Å². The Labute approximate surface area is 148 Å². The number of nitrogens with zero attached hydrogens (tertiary/aromatic N) is 2. The molecule has 0 aliphatic carbocycles. The van der Waals surface area contributed by atoms with Gasteiger partial charge in [0.2, 0.25) is 11.7 Å². The molecule has 0 saturated carbocycles. The van der Waals surface area contributed by atoms with Gasteiger partial charge in [-0.3, -0.25) is 0 Å². The number of ether oxygens (including phenoxy) is 2. The van der Waals surface area contributed by atoms with Crippen LogP contribution in [0, 0.1) is 5.82 Å².